The molecule has 0 spiro atoms. The van der Waals surface area contributed by atoms with Crippen LogP contribution in [0.3, 0.4) is 0 Å². The molecule has 3 rings (SSSR count). The molecule has 0 radical (unpaired) electrons. The Balaban J connectivity index is 1.62. The summed E-state index contributed by atoms with van der Waals surface area (Å²) in [5, 5.41) is 2.99. The number of nitrogens with zero attached hydrogens (tertiary/aromatic N) is 5. The fraction of sp³-hybridized carbons (Fsp3) is 0.312. The van der Waals surface area contributed by atoms with Gasteiger partial charge >= 0.3 is 0 Å². The smallest absolute Gasteiger partial charge is 0.278 e. The minimum atomic E-state index is -0.275. The second kappa shape index (κ2) is 7.21. The summed E-state index contributed by atoms with van der Waals surface area (Å²) in [6.45, 7) is 0.787. The van der Waals surface area contributed by atoms with E-state index in [0.717, 1.165) is 0 Å². The lowest BCUT2D eigenvalue weighted by Gasteiger charge is -2.17. The van der Waals surface area contributed by atoms with Gasteiger partial charge in [-0.1, -0.05) is 0 Å². The number of nitrogens with one attached hydrogen (secondary N) is 2. The van der Waals surface area contributed by atoms with Crippen molar-refractivity contribution in [3.05, 3.63) is 40.7 Å². The number of H-pyrrole nitrogens is 1. The summed E-state index contributed by atoms with van der Waals surface area (Å²) in [6.07, 6.45) is 3.05. The zero-order valence-corrected chi connectivity index (χ0v) is 14.7. The Morgan fingerprint density at radius 1 is 1.42 bits per heavy atom. The van der Waals surface area contributed by atoms with Gasteiger partial charge in [-0.05, 0) is 6.07 Å². The maximum atomic E-state index is 12.4. The molecule has 10 heteroatoms. The van der Waals surface area contributed by atoms with E-state index >= 15 is 0 Å². The number of methoxy groups -OCH3 is 1. The molecule has 0 atom stereocenters. The molecule has 0 saturated heterocycles. The Bertz CT molecular complexity index is 995. The number of ether oxygens (including phenoxy) is 1. The number of anilines is 1. The molecule has 0 fully saturated rings. The molecule has 0 bridgehead atoms. The van der Waals surface area contributed by atoms with Crippen molar-refractivity contribution in [2.24, 2.45) is 7.05 Å². The van der Waals surface area contributed by atoms with Gasteiger partial charge < -0.3 is 19.5 Å². The lowest BCUT2D eigenvalue weighted by atomic mass is 10.3. The molecular weight excluding hydrogens is 338 g/mol. The minimum absolute atomic E-state index is 0.229. The summed E-state index contributed by atoms with van der Waals surface area (Å²) in [6, 6.07) is 3.26. The summed E-state index contributed by atoms with van der Waals surface area (Å²) in [4.78, 5) is 41.0. The number of rotatable bonds is 6. The Hall–Kier alpha value is -3.43. The molecule has 0 aliphatic heterocycles. The highest BCUT2D eigenvalue weighted by molar-refractivity contribution is 5.92. The SMILES string of the molecule is COc1ccnc(C(=O)N(C)CCNc2nc3ncn(C)c3c(=O)[nH]2)c1. The molecule has 26 heavy (non-hydrogen) atoms. The number of carbonyl (C=O) groups is 1. The van der Waals surface area contributed by atoms with Crippen molar-refractivity contribution >= 4 is 23.0 Å². The third kappa shape index (κ3) is 3.48. The number of fused-ring (bicyclic) bond motifs is 1. The molecule has 10 nitrogen and oxygen atoms in total. The van der Waals surface area contributed by atoms with Crippen LogP contribution in [0.4, 0.5) is 5.95 Å². The number of aromatic amines is 1. The average Bonchev–Trinajstić information content (AvgIpc) is 3.02. The van der Waals surface area contributed by atoms with Gasteiger partial charge in [-0.15, -0.1) is 0 Å². The van der Waals surface area contributed by atoms with E-state index in [0.29, 0.717) is 41.6 Å². The standard InChI is InChI=1S/C16H19N7O3/c1-22(15(25)11-8-10(26-3)4-5-17-11)7-6-18-16-20-13-12(14(24)21-16)23(2)9-19-13/h4-5,8-9H,6-7H2,1-3H3,(H2,18,20,21,24). The summed E-state index contributed by atoms with van der Waals surface area (Å²) in [5.74, 6) is 0.647. The molecule has 2 N–H and O–H groups in total. The fourth-order valence-electron chi connectivity index (χ4n) is 2.44. The van der Waals surface area contributed by atoms with Gasteiger partial charge in [0.25, 0.3) is 11.5 Å². The Labute approximate surface area is 148 Å². The molecule has 0 saturated carbocycles. The predicted molar refractivity (Wildman–Crippen MR) is 95.4 cm³/mol. The van der Waals surface area contributed by atoms with E-state index in [1.165, 1.54) is 24.5 Å². The van der Waals surface area contributed by atoms with Gasteiger partial charge in [0, 0.05) is 39.4 Å². The number of imidazole rings is 1. The van der Waals surface area contributed by atoms with Crippen LogP contribution in [0.25, 0.3) is 11.2 Å². The zero-order valence-electron chi connectivity index (χ0n) is 14.7. The van der Waals surface area contributed by atoms with Gasteiger partial charge in [-0.25, -0.2) is 4.98 Å². The number of likely N-dealkylation sites (N-methyl/N-ethyl adjacent to an activating group) is 1. The van der Waals surface area contributed by atoms with Crippen LogP contribution in [0.2, 0.25) is 0 Å². The topological polar surface area (TPSA) is 118 Å². The summed E-state index contributed by atoms with van der Waals surface area (Å²) in [7, 11) is 4.93. The molecule has 1 amide bonds. The maximum absolute atomic E-state index is 12.4. The number of pyridine rings is 1. The third-order valence-electron chi connectivity index (χ3n) is 3.86. The first kappa shape index (κ1) is 17.4. The molecule has 3 aromatic rings. The quantitative estimate of drug-likeness (QED) is 0.649. The highest BCUT2D eigenvalue weighted by atomic mass is 16.5. The zero-order chi connectivity index (χ0) is 18.7. The summed E-state index contributed by atoms with van der Waals surface area (Å²) >= 11 is 0. The van der Waals surface area contributed by atoms with Crippen LogP contribution in [0.1, 0.15) is 10.5 Å². The number of amides is 1. The van der Waals surface area contributed by atoms with E-state index in [-0.39, 0.29) is 11.5 Å². The first-order valence-electron chi connectivity index (χ1n) is 7.90. The lowest BCUT2D eigenvalue weighted by molar-refractivity contribution is 0.0794. The number of aryl methyl sites for hydroxylation is 1. The Morgan fingerprint density at radius 3 is 3.00 bits per heavy atom. The molecule has 0 aliphatic carbocycles. The van der Waals surface area contributed by atoms with Crippen LogP contribution in [0.5, 0.6) is 5.75 Å². The van der Waals surface area contributed by atoms with Crippen molar-refractivity contribution in [3.63, 3.8) is 0 Å². The first-order chi connectivity index (χ1) is 12.5. The second-order valence-electron chi connectivity index (χ2n) is 5.68. The van der Waals surface area contributed by atoms with Crippen LogP contribution in [0.15, 0.2) is 29.5 Å². The van der Waals surface area contributed by atoms with Crippen molar-refractivity contribution < 1.29 is 9.53 Å². The summed E-state index contributed by atoms with van der Waals surface area (Å²) in [5.41, 5.74) is 0.798. The van der Waals surface area contributed by atoms with Gasteiger partial charge in [0.15, 0.2) is 11.2 Å². The van der Waals surface area contributed by atoms with Crippen molar-refractivity contribution in [2.75, 3.05) is 32.6 Å². The molecule has 0 aromatic carbocycles. The van der Waals surface area contributed by atoms with Crippen molar-refractivity contribution in [1.82, 2.24) is 29.4 Å². The van der Waals surface area contributed by atoms with Crippen molar-refractivity contribution in [2.45, 2.75) is 0 Å². The monoisotopic (exact) mass is 357 g/mol. The van der Waals surface area contributed by atoms with E-state index in [4.69, 9.17) is 4.74 Å². The van der Waals surface area contributed by atoms with E-state index in [2.05, 4.69) is 25.3 Å². The normalized spacial score (nSPS) is 10.7. The number of hydrogen-bond donors (Lipinski definition) is 2. The highest BCUT2D eigenvalue weighted by Gasteiger charge is 2.14. The van der Waals surface area contributed by atoms with Gasteiger partial charge in [-0.3, -0.25) is 19.6 Å². The van der Waals surface area contributed by atoms with Crippen LogP contribution < -0.4 is 15.6 Å². The average molecular weight is 357 g/mol. The third-order valence-corrected chi connectivity index (χ3v) is 3.86. The van der Waals surface area contributed by atoms with Gasteiger partial charge in [0.05, 0.1) is 13.4 Å². The maximum Gasteiger partial charge on any atom is 0.278 e. The van der Waals surface area contributed by atoms with Crippen LogP contribution in [-0.4, -0.2) is 62.6 Å². The molecule has 0 unspecified atom stereocenters. The molecular formula is C16H19N7O3. The van der Waals surface area contributed by atoms with Gasteiger partial charge in [0.1, 0.15) is 11.4 Å². The van der Waals surface area contributed by atoms with Gasteiger partial charge in [-0.2, -0.15) is 4.98 Å². The van der Waals surface area contributed by atoms with E-state index < -0.39 is 0 Å². The molecule has 0 aliphatic rings. The number of hydrogen-bond acceptors (Lipinski definition) is 7. The highest BCUT2D eigenvalue weighted by Crippen LogP contribution is 2.11. The number of aromatic nitrogens is 5. The number of carbonyl (C=O) groups excluding carboxylic acids is 1. The molecule has 3 aromatic heterocycles. The molecule has 136 valence electrons. The van der Waals surface area contributed by atoms with E-state index in [1.807, 2.05) is 0 Å². The second-order valence-corrected chi connectivity index (χ2v) is 5.68. The van der Waals surface area contributed by atoms with Crippen LogP contribution in [-0.2, 0) is 7.05 Å². The van der Waals surface area contributed by atoms with Crippen LogP contribution >= 0.6 is 0 Å². The lowest BCUT2D eigenvalue weighted by Crippen LogP contribution is -2.32. The fourth-order valence-corrected chi connectivity index (χ4v) is 2.44. The summed E-state index contributed by atoms with van der Waals surface area (Å²) < 4.78 is 6.71. The largest absolute Gasteiger partial charge is 0.497 e. The van der Waals surface area contributed by atoms with E-state index in [9.17, 15) is 9.59 Å². The van der Waals surface area contributed by atoms with Crippen LogP contribution in [0, 0.1) is 0 Å². The Kier molecular flexibility index (Phi) is 4.83. The predicted octanol–water partition coefficient (Wildman–Crippen LogP) is 0.244. The Morgan fingerprint density at radius 2 is 2.23 bits per heavy atom. The van der Waals surface area contributed by atoms with E-state index in [1.54, 1.807) is 30.8 Å². The van der Waals surface area contributed by atoms with Crippen molar-refractivity contribution in [3.8, 4) is 5.75 Å². The van der Waals surface area contributed by atoms with Gasteiger partial charge in [0.2, 0.25) is 5.95 Å². The minimum Gasteiger partial charge on any atom is -0.497 e. The first-order valence-corrected chi connectivity index (χ1v) is 7.90. The van der Waals surface area contributed by atoms with Crippen molar-refractivity contribution in [1.29, 1.82) is 0 Å². The molecule has 3 heterocycles.